The van der Waals surface area contributed by atoms with E-state index in [-0.39, 0.29) is 30.2 Å². The molecule has 2 aromatic carbocycles. The molecule has 2 aromatic heterocycles. The number of hydrogen-bond acceptors (Lipinski definition) is 3. The van der Waals surface area contributed by atoms with E-state index in [4.69, 9.17) is 12.2 Å². The molecule has 1 aliphatic rings. The third-order valence-electron chi connectivity index (χ3n) is 6.63. The maximum absolute atomic E-state index is 13.6. The van der Waals surface area contributed by atoms with Crippen molar-refractivity contribution in [3.8, 4) is 5.69 Å². The van der Waals surface area contributed by atoms with Crippen LogP contribution in [0.1, 0.15) is 41.0 Å². The number of nitrogens with zero attached hydrogens (tertiary/aromatic N) is 3. The Morgan fingerprint density at radius 2 is 1.89 bits per heavy atom. The number of benzene rings is 2. The minimum atomic E-state index is -0.288. The first-order valence-electron chi connectivity index (χ1n) is 12.2. The van der Waals surface area contributed by atoms with Crippen molar-refractivity contribution in [3.63, 3.8) is 0 Å². The molecule has 37 heavy (non-hydrogen) atoms. The topological polar surface area (TPSA) is 62.2 Å². The summed E-state index contributed by atoms with van der Waals surface area (Å²) in [5.74, 6) is -0.366. The van der Waals surface area contributed by atoms with Gasteiger partial charge >= 0.3 is 0 Å². The van der Waals surface area contributed by atoms with Crippen LogP contribution in [-0.4, -0.2) is 32.0 Å². The molecule has 2 atom stereocenters. The number of carbonyl (C=O) groups excluding carboxylic acids is 1. The van der Waals surface area contributed by atoms with E-state index in [1.54, 1.807) is 18.3 Å². The van der Waals surface area contributed by atoms with E-state index < -0.39 is 0 Å². The summed E-state index contributed by atoms with van der Waals surface area (Å²) in [4.78, 5) is 19.6. The normalized spacial score (nSPS) is 17.1. The van der Waals surface area contributed by atoms with E-state index in [2.05, 4.69) is 15.6 Å². The standard InChI is InChI=1S/C29H28FN5OS/c1-19-8-9-20(2)24(18-19)32-26(36)14-17-35-28(27(33-29(35)37)23-6-3-4-15-31-23)25-7-5-16-34(25)22-12-10-21(30)11-13-22/h3-13,15-16,18,27-28H,14,17H2,1-2H3,(H,32,36)(H,33,37)/t27-,28-/m0/s1. The summed E-state index contributed by atoms with van der Waals surface area (Å²) in [7, 11) is 0. The molecule has 1 aliphatic heterocycles. The van der Waals surface area contributed by atoms with Gasteiger partial charge in [-0.05, 0) is 91.8 Å². The number of nitrogens with one attached hydrogen (secondary N) is 2. The molecule has 0 unspecified atom stereocenters. The van der Waals surface area contributed by atoms with E-state index >= 15 is 0 Å². The van der Waals surface area contributed by atoms with Gasteiger partial charge in [-0.1, -0.05) is 18.2 Å². The predicted molar refractivity (Wildman–Crippen MR) is 147 cm³/mol. The van der Waals surface area contributed by atoms with Crippen molar-refractivity contribution in [3.05, 3.63) is 114 Å². The van der Waals surface area contributed by atoms with Crippen molar-refractivity contribution in [2.24, 2.45) is 0 Å². The van der Waals surface area contributed by atoms with Gasteiger partial charge in [-0.3, -0.25) is 9.78 Å². The van der Waals surface area contributed by atoms with Crippen LogP contribution < -0.4 is 10.6 Å². The molecule has 4 aromatic rings. The van der Waals surface area contributed by atoms with Gasteiger partial charge in [-0.25, -0.2) is 4.39 Å². The SMILES string of the molecule is Cc1ccc(C)c(NC(=O)CCN2C(=S)N[C@@H](c3ccccn3)[C@@H]2c2cccn2-c2ccc(F)cc2)c1. The number of pyridine rings is 1. The Kier molecular flexibility index (Phi) is 7.01. The first kappa shape index (κ1) is 24.6. The van der Waals surface area contributed by atoms with Gasteiger partial charge in [0, 0.05) is 42.4 Å². The van der Waals surface area contributed by atoms with Crippen LogP contribution in [0.3, 0.4) is 0 Å². The van der Waals surface area contributed by atoms with Crippen LogP contribution in [0, 0.1) is 19.7 Å². The third kappa shape index (κ3) is 5.24. The van der Waals surface area contributed by atoms with Crippen molar-refractivity contribution in [2.45, 2.75) is 32.4 Å². The largest absolute Gasteiger partial charge is 0.352 e. The predicted octanol–water partition coefficient (Wildman–Crippen LogP) is 5.63. The lowest BCUT2D eigenvalue weighted by atomic mass is 10.0. The summed E-state index contributed by atoms with van der Waals surface area (Å²) in [6.07, 6.45) is 3.97. The number of halogens is 1. The highest BCUT2D eigenvalue weighted by Gasteiger charge is 2.41. The fraction of sp³-hybridized carbons (Fsp3) is 0.207. The summed E-state index contributed by atoms with van der Waals surface area (Å²) in [5.41, 5.74) is 5.58. The van der Waals surface area contributed by atoms with E-state index in [1.807, 2.05) is 78.0 Å². The molecule has 0 radical (unpaired) electrons. The van der Waals surface area contributed by atoms with Gasteiger partial charge in [0.05, 0.1) is 17.8 Å². The Morgan fingerprint density at radius 3 is 2.65 bits per heavy atom. The molecule has 1 fully saturated rings. The highest BCUT2D eigenvalue weighted by atomic mass is 32.1. The molecule has 2 N–H and O–H groups in total. The van der Waals surface area contributed by atoms with Crippen LogP contribution in [0.15, 0.2) is 85.2 Å². The molecule has 0 aliphatic carbocycles. The maximum Gasteiger partial charge on any atom is 0.226 e. The van der Waals surface area contributed by atoms with Gasteiger partial charge in [-0.2, -0.15) is 0 Å². The van der Waals surface area contributed by atoms with Crippen LogP contribution in [0.2, 0.25) is 0 Å². The monoisotopic (exact) mass is 513 g/mol. The number of hydrogen-bond donors (Lipinski definition) is 2. The lowest BCUT2D eigenvalue weighted by Crippen LogP contribution is -2.33. The molecule has 0 saturated carbocycles. The molecule has 5 rings (SSSR count). The highest BCUT2D eigenvalue weighted by molar-refractivity contribution is 7.80. The van der Waals surface area contributed by atoms with E-state index in [1.165, 1.54) is 12.1 Å². The minimum absolute atomic E-state index is 0.0783. The number of carbonyl (C=O) groups is 1. The lowest BCUT2D eigenvalue weighted by Gasteiger charge is -2.29. The van der Waals surface area contributed by atoms with Gasteiger partial charge < -0.3 is 20.1 Å². The summed E-state index contributed by atoms with van der Waals surface area (Å²) in [6.45, 7) is 4.40. The van der Waals surface area contributed by atoms with E-state index in [9.17, 15) is 9.18 Å². The number of rotatable bonds is 7. The molecular weight excluding hydrogens is 485 g/mol. The molecule has 1 amide bonds. The summed E-state index contributed by atoms with van der Waals surface area (Å²) in [5, 5.41) is 7.03. The van der Waals surface area contributed by atoms with E-state index in [0.29, 0.717) is 11.7 Å². The van der Waals surface area contributed by atoms with Crippen molar-refractivity contribution in [1.29, 1.82) is 0 Å². The fourth-order valence-corrected chi connectivity index (χ4v) is 5.08. The number of amides is 1. The van der Waals surface area contributed by atoms with Gasteiger partial charge in [0.2, 0.25) is 5.91 Å². The Balaban J connectivity index is 1.44. The van der Waals surface area contributed by atoms with Crippen LogP contribution in [0.5, 0.6) is 0 Å². The maximum atomic E-state index is 13.6. The Hall–Kier alpha value is -4.04. The molecule has 6 nitrogen and oxygen atoms in total. The third-order valence-corrected chi connectivity index (χ3v) is 6.99. The van der Waals surface area contributed by atoms with Gasteiger partial charge in [0.15, 0.2) is 5.11 Å². The fourth-order valence-electron chi connectivity index (χ4n) is 4.75. The number of aromatic nitrogens is 2. The van der Waals surface area contributed by atoms with Crippen LogP contribution in [0.4, 0.5) is 10.1 Å². The van der Waals surface area contributed by atoms with Crippen molar-refractivity contribution < 1.29 is 9.18 Å². The van der Waals surface area contributed by atoms with Gasteiger partial charge in [-0.15, -0.1) is 0 Å². The number of anilines is 1. The zero-order chi connectivity index (χ0) is 25.9. The second kappa shape index (κ2) is 10.5. The second-order valence-corrected chi connectivity index (χ2v) is 9.60. The lowest BCUT2D eigenvalue weighted by molar-refractivity contribution is -0.116. The minimum Gasteiger partial charge on any atom is -0.352 e. The van der Waals surface area contributed by atoms with Crippen molar-refractivity contribution >= 4 is 28.9 Å². The van der Waals surface area contributed by atoms with Crippen LogP contribution in [0.25, 0.3) is 5.69 Å². The average Bonchev–Trinajstić information content (AvgIpc) is 3.50. The van der Waals surface area contributed by atoms with Crippen LogP contribution >= 0.6 is 12.2 Å². The summed E-state index contributed by atoms with van der Waals surface area (Å²) >= 11 is 5.76. The van der Waals surface area contributed by atoms with E-state index in [0.717, 1.165) is 33.9 Å². The molecule has 3 heterocycles. The summed E-state index contributed by atoms with van der Waals surface area (Å²) in [6, 6.07) is 21.7. The average molecular weight is 514 g/mol. The number of thiocarbonyl (C=S) groups is 1. The molecule has 0 bridgehead atoms. The Bertz CT molecular complexity index is 1420. The van der Waals surface area contributed by atoms with Crippen molar-refractivity contribution in [2.75, 3.05) is 11.9 Å². The van der Waals surface area contributed by atoms with Gasteiger partial charge in [0.25, 0.3) is 0 Å². The quantitative estimate of drug-likeness (QED) is 0.314. The molecule has 8 heteroatoms. The second-order valence-electron chi connectivity index (χ2n) is 9.22. The zero-order valence-electron chi connectivity index (χ0n) is 20.7. The molecule has 0 spiro atoms. The molecule has 188 valence electrons. The van der Waals surface area contributed by atoms with Crippen LogP contribution in [-0.2, 0) is 4.79 Å². The van der Waals surface area contributed by atoms with Gasteiger partial charge in [0.1, 0.15) is 5.82 Å². The first-order valence-corrected chi connectivity index (χ1v) is 12.6. The highest BCUT2D eigenvalue weighted by Crippen LogP contribution is 2.39. The number of aryl methyl sites for hydroxylation is 2. The smallest absolute Gasteiger partial charge is 0.226 e. The van der Waals surface area contributed by atoms with Crippen molar-refractivity contribution in [1.82, 2.24) is 19.8 Å². The molecular formula is C29H28FN5OS. The summed E-state index contributed by atoms with van der Waals surface area (Å²) < 4.78 is 15.6. The Morgan fingerprint density at radius 1 is 1.08 bits per heavy atom. The Labute approximate surface area is 221 Å². The molecule has 1 saturated heterocycles. The first-order chi connectivity index (χ1) is 17.9. The zero-order valence-corrected chi connectivity index (χ0v) is 21.5.